The maximum Gasteiger partial charge on any atom is 0.120 e. The van der Waals surface area contributed by atoms with E-state index in [1.54, 1.807) is 0 Å². The Kier molecular flexibility index (Phi) is 8.37. The number of ether oxygens (including phenoxy) is 2. The summed E-state index contributed by atoms with van der Waals surface area (Å²) in [7, 11) is 0. The zero-order valence-corrected chi connectivity index (χ0v) is 21.7. The van der Waals surface area contributed by atoms with Crippen LogP contribution in [0.1, 0.15) is 41.8 Å². The summed E-state index contributed by atoms with van der Waals surface area (Å²) >= 11 is 6.27. The minimum Gasteiger partial charge on any atom is -0.494 e. The lowest BCUT2D eigenvalue weighted by atomic mass is 9.93. The molecule has 1 aliphatic heterocycles. The van der Waals surface area contributed by atoms with Crippen LogP contribution in [-0.4, -0.2) is 51.5 Å². The van der Waals surface area contributed by atoms with Crippen LogP contribution in [0, 0.1) is 20.8 Å². The van der Waals surface area contributed by atoms with E-state index in [2.05, 4.69) is 26.6 Å². The highest BCUT2D eigenvalue weighted by atomic mass is 35.5. The number of piperidine rings is 1. The van der Waals surface area contributed by atoms with Crippen molar-refractivity contribution in [1.29, 1.82) is 0 Å². The molecular weight excluding hydrogens is 462 g/mol. The van der Waals surface area contributed by atoms with Crippen LogP contribution in [0.3, 0.4) is 0 Å². The normalized spacial score (nSPS) is 18.5. The summed E-state index contributed by atoms with van der Waals surface area (Å²) in [6, 6.07) is 12.1. The van der Waals surface area contributed by atoms with Gasteiger partial charge in [-0.25, -0.2) is 4.98 Å². The maximum absolute atomic E-state index is 11.2. The average molecular weight is 498 g/mol. The van der Waals surface area contributed by atoms with Crippen molar-refractivity contribution < 1.29 is 14.6 Å². The minimum atomic E-state index is -0.865. The van der Waals surface area contributed by atoms with Crippen molar-refractivity contribution in [2.75, 3.05) is 26.3 Å². The van der Waals surface area contributed by atoms with Crippen LogP contribution in [0.5, 0.6) is 11.5 Å². The summed E-state index contributed by atoms with van der Waals surface area (Å²) in [5.41, 5.74) is 2.32. The number of halogens is 1. The van der Waals surface area contributed by atoms with Crippen molar-refractivity contribution in [2.24, 2.45) is 0 Å². The van der Waals surface area contributed by atoms with E-state index in [0.717, 1.165) is 72.4 Å². The molecule has 0 saturated carbocycles. The molecule has 0 unspecified atom stereocenters. The van der Waals surface area contributed by atoms with Gasteiger partial charge in [0.1, 0.15) is 29.5 Å². The monoisotopic (exact) mass is 497 g/mol. The highest BCUT2D eigenvalue weighted by Gasteiger charge is 2.34. The van der Waals surface area contributed by atoms with Gasteiger partial charge in [-0.15, -0.1) is 0 Å². The van der Waals surface area contributed by atoms with Gasteiger partial charge in [-0.3, -0.25) is 4.90 Å². The first-order valence-electron chi connectivity index (χ1n) is 12.4. The Morgan fingerprint density at radius 3 is 2.49 bits per heavy atom. The van der Waals surface area contributed by atoms with Crippen molar-refractivity contribution in [1.82, 2.24) is 14.5 Å². The predicted molar refractivity (Wildman–Crippen MR) is 139 cm³/mol. The molecule has 1 fully saturated rings. The van der Waals surface area contributed by atoms with Crippen molar-refractivity contribution >= 4 is 11.6 Å². The van der Waals surface area contributed by atoms with Crippen molar-refractivity contribution in [3.05, 3.63) is 76.3 Å². The van der Waals surface area contributed by atoms with Crippen LogP contribution in [0.2, 0.25) is 5.02 Å². The fraction of sp³-hybridized carbons (Fsp3) is 0.464. The number of hydrogen-bond acceptors (Lipinski definition) is 5. The van der Waals surface area contributed by atoms with Crippen LogP contribution < -0.4 is 9.47 Å². The molecule has 35 heavy (non-hydrogen) atoms. The summed E-state index contributed by atoms with van der Waals surface area (Å²) < 4.78 is 14.0. The minimum absolute atomic E-state index is 0.273. The Morgan fingerprint density at radius 2 is 1.80 bits per heavy atom. The number of aliphatic hydroxyl groups is 1. The van der Waals surface area contributed by atoms with Crippen LogP contribution in [0.25, 0.3) is 0 Å². The van der Waals surface area contributed by atoms with Crippen LogP contribution in [0.4, 0.5) is 0 Å². The summed E-state index contributed by atoms with van der Waals surface area (Å²) in [4.78, 5) is 6.54. The Bertz CT molecular complexity index is 1090. The predicted octanol–water partition coefficient (Wildman–Crippen LogP) is 5.34. The Morgan fingerprint density at radius 1 is 1.06 bits per heavy atom. The zero-order chi connectivity index (χ0) is 24.8. The molecule has 2 aromatic carbocycles. The fourth-order valence-electron chi connectivity index (χ4n) is 4.68. The molecule has 1 aromatic heterocycles. The highest BCUT2D eigenvalue weighted by Crippen LogP contribution is 2.28. The summed E-state index contributed by atoms with van der Waals surface area (Å²) in [5.74, 6) is 2.67. The first kappa shape index (κ1) is 25.5. The molecule has 1 aliphatic rings. The van der Waals surface area contributed by atoms with Gasteiger partial charge in [-0.05, 0) is 87.5 Å². The molecule has 7 heteroatoms. The lowest BCUT2D eigenvalue weighted by Crippen LogP contribution is -2.51. The number of aromatic nitrogens is 2. The topological polar surface area (TPSA) is 59.8 Å². The Labute approximate surface area is 213 Å². The van der Waals surface area contributed by atoms with Gasteiger partial charge < -0.3 is 19.1 Å². The lowest BCUT2D eigenvalue weighted by Gasteiger charge is -2.39. The van der Waals surface area contributed by atoms with E-state index in [1.807, 2.05) is 57.4 Å². The summed E-state index contributed by atoms with van der Waals surface area (Å²) in [5, 5.41) is 12.0. The molecule has 0 amide bonds. The van der Waals surface area contributed by atoms with Crippen LogP contribution >= 0.6 is 11.6 Å². The Balaban J connectivity index is 1.24. The molecular formula is C28H36ClN3O3. The maximum atomic E-state index is 11.2. The SMILES string of the molecule is Cc1cc(OC[C@]2(O)CCCN(Cc3ccc(OCCCn4ccnc4C)cc3)C2)cc(C)c1Cl. The van der Waals surface area contributed by atoms with E-state index in [1.165, 1.54) is 5.56 Å². The summed E-state index contributed by atoms with van der Waals surface area (Å²) in [6.45, 7) is 10.1. The summed E-state index contributed by atoms with van der Waals surface area (Å²) in [6.07, 6.45) is 6.43. The number of imidazole rings is 1. The first-order valence-corrected chi connectivity index (χ1v) is 12.7. The molecule has 188 valence electrons. The van der Waals surface area contributed by atoms with Gasteiger partial charge in [0, 0.05) is 37.1 Å². The zero-order valence-electron chi connectivity index (χ0n) is 21.0. The number of hydrogen-bond donors (Lipinski definition) is 1. The van der Waals surface area contributed by atoms with Gasteiger partial charge >= 0.3 is 0 Å². The Hall–Kier alpha value is -2.54. The molecule has 3 aromatic rings. The second-order valence-electron chi connectivity index (χ2n) is 9.71. The molecule has 0 radical (unpaired) electrons. The molecule has 0 spiro atoms. The number of benzene rings is 2. The van der Waals surface area contributed by atoms with Crippen molar-refractivity contribution in [2.45, 2.75) is 58.7 Å². The molecule has 0 aliphatic carbocycles. The van der Waals surface area contributed by atoms with E-state index in [4.69, 9.17) is 21.1 Å². The second kappa shape index (κ2) is 11.5. The molecule has 1 saturated heterocycles. The molecule has 4 rings (SSSR count). The van der Waals surface area contributed by atoms with E-state index < -0.39 is 5.60 Å². The number of rotatable bonds is 10. The molecule has 0 bridgehead atoms. The van der Waals surface area contributed by atoms with Gasteiger partial charge in [-0.2, -0.15) is 0 Å². The van der Waals surface area contributed by atoms with Gasteiger partial charge in [0.15, 0.2) is 0 Å². The largest absolute Gasteiger partial charge is 0.494 e. The van der Waals surface area contributed by atoms with Gasteiger partial charge in [0.2, 0.25) is 0 Å². The third-order valence-electron chi connectivity index (χ3n) is 6.62. The quantitative estimate of drug-likeness (QED) is 0.383. The van der Waals surface area contributed by atoms with Gasteiger partial charge in [-0.1, -0.05) is 23.7 Å². The van der Waals surface area contributed by atoms with Crippen molar-refractivity contribution in [3.63, 3.8) is 0 Å². The number of β-amino-alcohol motifs (C(OH)–C–C–N with tert-alkyl or cyclic N) is 1. The standard InChI is InChI=1S/C28H36ClN3O3/c1-21-16-26(17-22(2)27(21)29)35-20-28(33)10-4-12-31(19-28)18-24-6-8-25(9-7-24)34-15-5-13-32-14-11-30-23(32)3/h6-9,11,14,16-17,33H,4-5,10,12-13,15,18-20H2,1-3H3/t28-/m0/s1. The van der Waals surface area contributed by atoms with E-state index in [9.17, 15) is 5.11 Å². The fourth-order valence-corrected chi connectivity index (χ4v) is 4.79. The molecule has 2 heterocycles. The number of aryl methyl sites for hydroxylation is 4. The smallest absolute Gasteiger partial charge is 0.120 e. The first-order chi connectivity index (χ1) is 16.8. The highest BCUT2D eigenvalue weighted by molar-refractivity contribution is 6.32. The molecule has 1 N–H and O–H groups in total. The molecule has 1 atom stereocenters. The van der Waals surface area contributed by atoms with Crippen LogP contribution in [-0.2, 0) is 13.1 Å². The van der Waals surface area contributed by atoms with Gasteiger partial charge in [0.25, 0.3) is 0 Å². The van der Waals surface area contributed by atoms with Crippen LogP contribution in [0.15, 0.2) is 48.8 Å². The van der Waals surface area contributed by atoms with E-state index >= 15 is 0 Å². The third-order valence-corrected chi connectivity index (χ3v) is 7.21. The van der Waals surface area contributed by atoms with Gasteiger partial charge in [0.05, 0.1) is 6.61 Å². The van der Waals surface area contributed by atoms with Crippen molar-refractivity contribution in [3.8, 4) is 11.5 Å². The second-order valence-corrected chi connectivity index (χ2v) is 10.1. The third kappa shape index (κ3) is 7.00. The lowest BCUT2D eigenvalue weighted by molar-refractivity contribution is -0.0621. The average Bonchev–Trinajstić information content (AvgIpc) is 3.24. The number of nitrogens with zero attached hydrogens (tertiary/aromatic N) is 3. The van der Waals surface area contributed by atoms with E-state index in [-0.39, 0.29) is 6.61 Å². The number of likely N-dealkylation sites (tertiary alicyclic amines) is 1. The molecule has 6 nitrogen and oxygen atoms in total. The van der Waals surface area contributed by atoms with E-state index in [0.29, 0.717) is 13.2 Å².